The second kappa shape index (κ2) is 43.9. The van der Waals surface area contributed by atoms with Crippen molar-refractivity contribution in [2.24, 2.45) is 33.3 Å². The van der Waals surface area contributed by atoms with Crippen LogP contribution in [0.3, 0.4) is 0 Å². The third kappa shape index (κ3) is 23.5. The molecule has 8 aromatic rings. The highest BCUT2D eigenvalue weighted by Crippen LogP contribution is 2.45. The number of amides is 9. The molecular formula is C106H131N13O17Si2. The SMILES string of the molecule is COc1cc2c(cc1OCCCCCOc1cc3c(cc1C)C(=O)N1Cc4ccccc4C[C@H]1C(=O)N3COCC[Si](C)(C)C)N(COCC[Si](C)(C)C)C(=O)[C@H]1Cc3ccc(N)cc3CN1C2=O.COc1cc2c(cc1OCCCCCOc1cc3c(cc1C)C(=O)N1Cc4ccccc4C[C@H]1C=N3)N=C[C@H]1Cc3ccc(NC(=O)[C@H](CCCNC(N)=O)CC(=O)[C@@H](N)C(C)C)cc3CN1C2=O. The van der Waals surface area contributed by atoms with Gasteiger partial charge in [-0.3, -0.25) is 58.1 Å². The summed E-state index contributed by atoms with van der Waals surface area (Å²) in [5.41, 5.74) is 32.5. The normalized spacial score (nSPS) is 17.7. The number of nitrogens with two attached hydrogens (primary N) is 3. The largest absolute Gasteiger partial charge is 0.493 e. The molecule has 0 aliphatic carbocycles. The molecule has 0 spiro atoms. The van der Waals surface area contributed by atoms with Crippen molar-refractivity contribution < 1.29 is 81.0 Å². The molecule has 9 amide bonds. The number of methoxy groups -OCH3 is 2. The minimum absolute atomic E-state index is 0.00286. The predicted molar refractivity (Wildman–Crippen MR) is 538 cm³/mol. The van der Waals surface area contributed by atoms with E-state index in [1.807, 2.05) is 136 Å². The molecule has 8 aromatic carbocycles. The van der Waals surface area contributed by atoms with Crippen LogP contribution in [0.5, 0.6) is 34.5 Å². The first-order chi connectivity index (χ1) is 66.2. The standard InChI is InChI=1S/C53H62N8O8.C53H69N5O9Si2/c1-31(2)49(54)45(62)23-35(13-10-16-56-53(55)66)50(63)59-38-15-14-34-22-40-28-58-44-26-48(47(67-4)24-42(44)52(65)61(40)30-37(34)20-38)69-18-9-5-8-17-68-46-25-43-41(19-32(46)3)51(64)60-29-36-12-7-6-11-33(36)21-39(60)27-57-43;1-35-24-41-43(57(33-64-20-22-68(3,4)5)52(61)45-26-36-14-10-11-15-38(36)31-55(45)50(41)59)29-47(35)66-18-12-9-13-19-67-49-30-44-42(28-48(49)63-2)51(60)56-32-39-25-40(54)17-16-37(39)27-46(56)53(62)58(44)34-65-21-23-69(6,7)8/h6-7,11-12,14-15,19-20,24-28,31,35,39-40,49H,5,8-10,13,16-18,21-23,29-30,54H2,1-4H3,(H,59,63)(H3,55,56,66);10-11,14-17,24-25,28-30,45-46H,9,12-13,18-23,26-27,31-34,54H2,1-8H3/t35-,39+,40-,49+;45-,46+/m10/s1. The highest BCUT2D eigenvalue weighted by molar-refractivity contribution is 6.76. The number of rotatable bonds is 38. The molecule has 32 heteroatoms. The lowest BCUT2D eigenvalue weighted by atomic mass is 9.90. The lowest BCUT2D eigenvalue weighted by molar-refractivity contribution is -0.127. The second-order valence-electron chi connectivity index (χ2n) is 39.9. The Bertz CT molecular complexity index is 5990. The summed E-state index contributed by atoms with van der Waals surface area (Å²) in [4.78, 5) is 143. The molecule has 0 unspecified atom stereocenters. The van der Waals surface area contributed by atoms with Gasteiger partial charge < -0.3 is 85.3 Å². The maximum atomic E-state index is 14.5. The Labute approximate surface area is 810 Å². The minimum Gasteiger partial charge on any atom is -0.493 e. The van der Waals surface area contributed by atoms with Gasteiger partial charge in [0, 0.05) is 135 Å². The molecule has 8 aliphatic rings. The van der Waals surface area contributed by atoms with Crippen LogP contribution in [0.15, 0.2) is 143 Å². The molecule has 0 saturated carbocycles. The topological polar surface area (TPSA) is 374 Å². The molecule has 0 saturated heterocycles. The molecular weight excluding hydrogens is 1780 g/mol. The monoisotopic (exact) mass is 1910 g/mol. The number of primary amides is 1. The zero-order valence-corrected chi connectivity index (χ0v) is 83.4. The van der Waals surface area contributed by atoms with Gasteiger partial charge in [-0.05, 0) is 200 Å². The van der Waals surface area contributed by atoms with Gasteiger partial charge in [-0.15, -0.1) is 0 Å². The number of nitrogens with one attached hydrogen (secondary N) is 2. The second-order valence-corrected chi connectivity index (χ2v) is 51.2. The summed E-state index contributed by atoms with van der Waals surface area (Å²) in [6, 6.07) is 40.7. The number of hydrogen-bond acceptors (Lipinski definition) is 21. The number of hydrogen-bond donors (Lipinski definition) is 5. The van der Waals surface area contributed by atoms with Crippen LogP contribution in [0.1, 0.15) is 169 Å². The maximum absolute atomic E-state index is 14.5. The summed E-state index contributed by atoms with van der Waals surface area (Å²) < 4.78 is 49.0. The number of aryl methyl sites for hydroxylation is 2. The number of aliphatic imine (C=N–C) groups is 2. The van der Waals surface area contributed by atoms with E-state index in [0.29, 0.717) is 189 Å². The van der Waals surface area contributed by atoms with Crippen molar-refractivity contribution in [1.82, 2.24) is 24.9 Å². The molecule has 8 heterocycles. The number of ketones is 1. The van der Waals surface area contributed by atoms with E-state index in [2.05, 4.69) is 62.0 Å². The van der Waals surface area contributed by atoms with E-state index in [4.69, 9.17) is 65.1 Å². The maximum Gasteiger partial charge on any atom is 0.312 e. The first-order valence-corrected chi connectivity index (χ1v) is 55.7. The number of fused-ring (bicyclic) bond motifs is 12. The van der Waals surface area contributed by atoms with Crippen molar-refractivity contribution in [1.29, 1.82) is 0 Å². The number of nitrogen functional groups attached to an aromatic ring is 1. The van der Waals surface area contributed by atoms with Crippen molar-refractivity contribution >= 4 is 116 Å². The fraction of sp³-hybridized carbons (Fsp3) is 0.443. The van der Waals surface area contributed by atoms with E-state index in [1.165, 1.54) is 11.1 Å². The summed E-state index contributed by atoms with van der Waals surface area (Å²) in [6.07, 6.45) is 11.1. The number of unbranched alkanes of at least 4 members (excludes halogenated alkanes) is 4. The van der Waals surface area contributed by atoms with Crippen LogP contribution in [0, 0.1) is 25.7 Å². The summed E-state index contributed by atoms with van der Waals surface area (Å²) in [5, 5.41) is 5.51. The predicted octanol–water partition coefficient (Wildman–Crippen LogP) is 15.8. The highest BCUT2D eigenvalue weighted by atomic mass is 28.3. The fourth-order valence-electron chi connectivity index (χ4n) is 18.8. The Hall–Kier alpha value is -12.8. The van der Waals surface area contributed by atoms with Gasteiger partial charge in [0.1, 0.15) is 37.0 Å². The van der Waals surface area contributed by atoms with Gasteiger partial charge in [0.15, 0.2) is 28.8 Å². The molecule has 8 N–H and O–H groups in total. The van der Waals surface area contributed by atoms with Gasteiger partial charge in [-0.1, -0.05) is 114 Å². The van der Waals surface area contributed by atoms with Gasteiger partial charge in [-0.2, -0.15) is 0 Å². The summed E-state index contributed by atoms with van der Waals surface area (Å²) >= 11 is 0. The first kappa shape index (κ1) is 99.7. The lowest BCUT2D eigenvalue weighted by Gasteiger charge is -2.35. The molecule has 0 bridgehead atoms. The molecule has 730 valence electrons. The Balaban J connectivity index is 0.000000209. The highest BCUT2D eigenvalue weighted by Gasteiger charge is 2.46. The number of carbonyl (C=O) groups excluding carboxylic acids is 9. The summed E-state index contributed by atoms with van der Waals surface area (Å²) in [6.45, 7) is 25.8. The molecule has 16 rings (SSSR count). The van der Waals surface area contributed by atoms with Crippen molar-refractivity contribution in [2.45, 2.75) is 219 Å². The lowest BCUT2D eigenvalue weighted by Crippen LogP contribution is -2.52. The van der Waals surface area contributed by atoms with Crippen LogP contribution in [0.4, 0.5) is 38.9 Å². The number of Topliss-reactive ketones (excluding diaryl/α,β-unsaturated/α-hetero) is 1. The van der Waals surface area contributed by atoms with E-state index in [1.54, 1.807) is 69.2 Å². The van der Waals surface area contributed by atoms with Crippen LogP contribution in [0.2, 0.25) is 51.4 Å². The van der Waals surface area contributed by atoms with Crippen molar-refractivity contribution in [3.05, 3.63) is 211 Å². The Morgan fingerprint density at radius 1 is 0.464 bits per heavy atom. The van der Waals surface area contributed by atoms with Crippen LogP contribution >= 0.6 is 0 Å². The third-order valence-corrected chi connectivity index (χ3v) is 30.5. The average Bonchev–Trinajstić information content (AvgIpc) is 1.60. The zero-order valence-electron chi connectivity index (χ0n) is 81.4. The van der Waals surface area contributed by atoms with Crippen LogP contribution in [-0.4, -0.2) is 205 Å². The average molecular weight is 1920 g/mol. The first-order valence-electron chi connectivity index (χ1n) is 48.3. The summed E-state index contributed by atoms with van der Waals surface area (Å²) in [5.74, 6) is 0.751. The fourth-order valence-corrected chi connectivity index (χ4v) is 20.4. The van der Waals surface area contributed by atoms with Gasteiger partial charge in [0.2, 0.25) is 5.91 Å². The van der Waals surface area contributed by atoms with Gasteiger partial charge in [0.05, 0.1) is 104 Å². The molecule has 138 heavy (non-hydrogen) atoms. The van der Waals surface area contributed by atoms with Crippen LogP contribution in [-0.2, 0) is 80.5 Å². The number of nitrogens with zero attached hydrogens (tertiary/aromatic N) is 8. The minimum atomic E-state index is -1.41. The Kier molecular flexibility index (Phi) is 31.7. The molecule has 8 aliphatic heterocycles. The number of urea groups is 1. The van der Waals surface area contributed by atoms with Crippen LogP contribution < -0.4 is 66.1 Å². The Morgan fingerprint density at radius 3 is 1.41 bits per heavy atom. The van der Waals surface area contributed by atoms with Gasteiger partial charge in [0.25, 0.3) is 35.4 Å². The van der Waals surface area contributed by atoms with Crippen molar-refractivity contribution in [3.63, 3.8) is 0 Å². The van der Waals surface area contributed by atoms with E-state index < -0.39 is 46.2 Å². The van der Waals surface area contributed by atoms with Crippen molar-refractivity contribution in [3.8, 4) is 34.5 Å². The number of anilines is 4. The quantitative estimate of drug-likeness (QED) is 0.0136. The summed E-state index contributed by atoms with van der Waals surface area (Å²) in [7, 11) is 0.292. The van der Waals surface area contributed by atoms with E-state index in [0.717, 1.165) is 88.7 Å². The Morgan fingerprint density at radius 2 is 0.884 bits per heavy atom. The van der Waals surface area contributed by atoms with Crippen molar-refractivity contribution in [2.75, 3.05) is 94.7 Å². The van der Waals surface area contributed by atoms with E-state index in [9.17, 15) is 43.2 Å². The van der Waals surface area contributed by atoms with E-state index in [-0.39, 0.29) is 105 Å². The zero-order chi connectivity index (χ0) is 98.0. The smallest absolute Gasteiger partial charge is 0.312 e. The number of ether oxygens (including phenoxy) is 8. The van der Waals surface area contributed by atoms with Crippen LogP contribution in [0.25, 0.3) is 0 Å². The van der Waals surface area contributed by atoms with Gasteiger partial charge in [-0.25, -0.2) is 4.79 Å². The van der Waals surface area contributed by atoms with Gasteiger partial charge >= 0.3 is 6.03 Å². The molecule has 0 radical (unpaired) electrons. The van der Waals surface area contributed by atoms with E-state index >= 15 is 0 Å². The number of carbonyl (C=O) groups is 9. The molecule has 0 aromatic heterocycles. The number of benzene rings is 8. The molecule has 30 nitrogen and oxygen atoms in total. The third-order valence-electron chi connectivity index (χ3n) is 27.1. The molecule has 6 atom stereocenters. The molecule has 0 fully saturated rings.